The van der Waals surface area contributed by atoms with Gasteiger partial charge in [-0.25, -0.2) is 13.1 Å². The normalized spacial score (nSPS) is 18.0. The number of benzene rings is 1. The Bertz CT molecular complexity index is 733. The zero-order valence-electron chi connectivity index (χ0n) is 14.6. The number of nitrogens with one attached hydrogen (secondary N) is 2. The summed E-state index contributed by atoms with van der Waals surface area (Å²) in [7, 11) is -3.33. The Morgan fingerprint density at radius 2 is 1.96 bits per heavy atom. The molecule has 2 amide bonds. The van der Waals surface area contributed by atoms with Crippen LogP contribution >= 0.6 is 0 Å². The van der Waals surface area contributed by atoms with E-state index in [1.165, 1.54) is 0 Å². The molecule has 2 rings (SSSR count). The van der Waals surface area contributed by atoms with Crippen LogP contribution in [0.1, 0.15) is 43.0 Å². The molecule has 2 N–H and O–H groups in total. The molecule has 8 heteroatoms. The van der Waals surface area contributed by atoms with E-state index in [1.54, 1.807) is 24.3 Å². The SMILES string of the molecule is CC1CCCCN1C(=O)c1ccccc1NC(=O)CCNS(C)(=O)=O. The maximum atomic E-state index is 12.8. The van der Waals surface area contributed by atoms with Crippen molar-refractivity contribution in [3.05, 3.63) is 29.8 Å². The van der Waals surface area contributed by atoms with Crippen molar-refractivity contribution in [1.82, 2.24) is 9.62 Å². The number of amides is 2. The van der Waals surface area contributed by atoms with Gasteiger partial charge in [0.05, 0.1) is 17.5 Å². The smallest absolute Gasteiger partial charge is 0.256 e. The summed E-state index contributed by atoms with van der Waals surface area (Å²) >= 11 is 0. The van der Waals surface area contributed by atoms with E-state index >= 15 is 0 Å². The van der Waals surface area contributed by atoms with Gasteiger partial charge in [0.25, 0.3) is 5.91 Å². The first-order valence-electron chi connectivity index (χ1n) is 8.42. The van der Waals surface area contributed by atoms with Crippen LogP contribution in [0.4, 0.5) is 5.69 Å². The third-order valence-corrected chi connectivity index (χ3v) is 4.94. The summed E-state index contributed by atoms with van der Waals surface area (Å²) in [5.74, 6) is -0.430. The standard InChI is InChI=1S/C17H25N3O4S/c1-13-7-5-6-12-20(13)17(22)14-8-3-4-9-15(14)19-16(21)10-11-18-25(2,23)24/h3-4,8-9,13,18H,5-7,10-12H2,1-2H3,(H,19,21). The van der Waals surface area contributed by atoms with Crippen LogP contribution in [0.3, 0.4) is 0 Å². The molecule has 0 aromatic heterocycles. The molecule has 138 valence electrons. The molecule has 1 aromatic carbocycles. The summed E-state index contributed by atoms with van der Waals surface area (Å²) in [6.07, 6.45) is 4.13. The summed E-state index contributed by atoms with van der Waals surface area (Å²) < 4.78 is 24.3. The summed E-state index contributed by atoms with van der Waals surface area (Å²) in [6.45, 7) is 2.78. The molecule has 1 aliphatic heterocycles. The highest BCUT2D eigenvalue weighted by Crippen LogP contribution is 2.23. The molecule has 0 saturated carbocycles. The van der Waals surface area contributed by atoms with Gasteiger partial charge in [-0.05, 0) is 38.3 Å². The van der Waals surface area contributed by atoms with Crippen molar-refractivity contribution >= 4 is 27.5 Å². The van der Waals surface area contributed by atoms with E-state index in [-0.39, 0.29) is 30.8 Å². The van der Waals surface area contributed by atoms with Crippen molar-refractivity contribution < 1.29 is 18.0 Å². The van der Waals surface area contributed by atoms with Crippen LogP contribution in [0.25, 0.3) is 0 Å². The van der Waals surface area contributed by atoms with Crippen LogP contribution in [0.15, 0.2) is 24.3 Å². The number of anilines is 1. The second-order valence-electron chi connectivity index (χ2n) is 6.35. The molecule has 0 aliphatic carbocycles. The molecule has 1 unspecified atom stereocenters. The van der Waals surface area contributed by atoms with Gasteiger partial charge < -0.3 is 10.2 Å². The third-order valence-electron chi connectivity index (χ3n) is 4.21. The Hall–Kier alpha value is -1.93. The maximum Gasteiger partial charge on any atom is 0.256 e. The Morgan fingerprint density at radius 3 is 2.64 bits per heavy atom. The maximum absolute atomic E-state index is 12.8. The molecule has 1 atom stereocenters. The number of nitrogens with zero attached hydrogens (tertiary/aromatic N) is 1. The number of carbonyl (C=O) groups is 2. The van der Waals surface area contributed by atoms with Gasteiger partial charge in [0.2, 0.25) is 15.9 Å². The molecule has 0 radical (unpaired) electrons. The molecule has 1 fully saturated rings. The molecule has 1 aliphatic rings. The fourth-order valence-electron chi connectivity index (χ4n) is 2.90. The van der Waals surface area contributed by atoms with Crippen molar-refractivity contribution in [2.75, 3.05) is 24.7 Å². The number of piperidine rings is 1. The van der Waals surface area contributed by atoms with Crippen molar-refractivity contribution in [3.63, 3.8) is 0 Å². The minimum absolute atomic E-state index is 0.00425. The van der Waals surface area contributed by atoms with Crippen LogP contribution in [0, 0.1) is 0 Å². The highest BCUT2D eigenvalue weighted by Gasteiger charge is 2.26. The van der Waals surface area contributed by atoms with Crippen molar-refractivity contribution in [1.29, 1.82) is 0 Å². The summed E-state index contributed by atoms with van der Waals surface area (Å²) in [5.41, 5.74) is 0.912. The predicted octanol–water partition coefficient (Wildman–Crippen LogP) is 1.58. The minimum atomic E-state index is -3.33. The number of para-hydroxylation sites is 1. The highest BCUT2D eigenvalue weighted by atomic mass is 32.2. The molecule has 0 bridgehead atoms. The van der Waals surface area contributed by atoms with Gasteiger partial charge >= 0.3 is 0 Å². The molecule has 0 spiro atoms. The molecular weight excluding hydrogens is 342 g/mol. The number of rotatable bonds is 6. The third kappa shape index (κ3) is 5.82. The van der Waals surface area contributed by atoms with E-state index in [2.05, 4.69) is 10.0 Å². The number of likely N-dealkylation sites (tertiary alicyclic amines) is 1. The predicted molar refractivity (Wildman–Crippen MR) is 96.9 cm³/mol. The van der Waals surface area contributed by atoms with E-state index in [9.17, 15) is 18.0 Å². The first-order chi connectivity index (χ1) is 11.8. The Kier molecular flexibility index (Phi) is 6.55. The van der Waals surface area contributed by atoms with Gasteiger partial charge in [0.1, 0.15) is 0 Å². The topological polar surface area (TPSA) is 95.6 Å². The van der Waals surface area contributed by atoms with Gasteiger partial charge in [-0.15, -0.1) is 0 Å². The van der Waals surface area contributed by atoms with Crippen LogP contribution in [0.2, 0.25) is 0 Å². The second-order valence-corrected chi connectivity index (χ2v) is 8.19. The lowest BCUT2D eigenvalue weighted by Gasteiger charge is -2.33. The van der Waals surface area contributed by atoms with E-state index in [0.29, 0.717) is 11.3 Å². The highest BCUT2D eigenvalue weighted by molar-refractivity contribution is 7.88. The van der Waals surface area contributed by atoms with Gasteiger partial charge in [0.15, 0.2) is 0 Å². The lowest BCUT2D eigenvalue weighted by molar-refractivity contribution is -0.116. The van der Waals surface area contributed by atoms with Crippen LogP contribution < -0.4 is 10.0 Å². The lowest BCUT2D eigenvalue weighted by Crippen LogP contribution is -2.42. The quantitative estimate of drug-likeness (QED) is 0.798. The first-order valence-corrected chi connectivity index (χ1v) is 10.3. The second kappa shape index (κ2) is 8.44. The molecule has 1 aromatic rings. The number of sulfonamides is 1. The van der Waals surface area contributed by atoms with Gasteiger partial charge in [-0.1, -0.05) is 12.1 Å². The molecular formula is C17H25N3O4S. The molecule has 1 heterocycles. The first kappa shape index (κ1) is 19.4. The van der Waals surface area contributed by atoms with Crippen LogP contribution in [0.5, 0.6) is 0 Å². The average molecular weight is 367 g/mol. The molecule has 25 heavy (non-hydrogen) atoms. The zero-order chi connectivity index (χ0) is 18.4. The largest absolute Gasteiger partial charge is 0.336 e. The van der Waals surface area contributed by atoms with Gasteiger partial charge in [-0.2, -0.15) is 0 Å². The Balaban J connectivity index is 2.04. The fourth-order valence-corrected chi connectivity index (χ4v) is 3.37. The lowest BCUT2D eigenvalue weighted by atomic mass is 10.0. The van der Waals surface area contributed by atoms with E-state index in [4.69, 9.17) is 0 Å². The van der Waals surface area contributed by atoms with E-state index in [1.807, 2.05) is 11.8 Å². The van der Waals surface area contributed by atoms with E-state index in [0.717, 1.165) is 32.1 Å². The molecule has 1 saturated heterocycles. The Labute approximate surface area is 148 Å². The number of hydrogen-bond acceptors (Lipinski definition) is 4. The summed E-state index contributed by atoms with van der Waals surface area (Å²) in [5, 5.41) is 2.71. The van der Waals surface area contributed by atoms with E-state index < -0.39 is 10.0 Å². The summed E-state index contributed by atoms with van der Waals surface area (Å²) in [6, 6.07) is 7.09. The van der Waals surface area contributed by atoms with Crippen molar-refractivity contribution in [2.45, 2.75) is 38.6 Å². The van der Waals surface area contributed by atoms with Crippen molar-refractivity contribution in [2.24, 2.45) is 0 Å². The average Bonchev–Trinajstić information content (AvgIpc) is 2.54. The van der Waals surface area contributed by atoms with Gasteiger partial charge in [0, 0.05) is 25.6 Å². The van der Waals surface area contributed by atoms with Crippen molar-refractivity contribution in [3.8, 4) is 0 Å². The fraction of sp³-hybridized carbons (Fsp3) is 0.529. The van der Waals surface area contributed by atoms with Crippen LogP contribution in [-0.4, -0.2) is 50.5 Å². The molecule has 7 nitrogen and oxygen atoms in total. The minimum Gasteiger partial charge on any atom is -0.336 e. The van der Waals surface area contributed by atoms with Gasteiger partial charge in [-0.3, -0.25) is 9.59 Å². The van der Waals surface area contributed by atoms with Crippen LogP contribution in [-0.2, 0) is 14.8 Å². The zero-order valence-corrected chi connectivity index (χ0v) is 15.4. The Morgan fingerprint density at radius 1 is 1.24 bits per heavy atom. The monoisotopic (exact) mass is 367 g/mol. The number of carbonyl (C=O) groups excluding carboxylic acids is 2. The summed E-state index contributed by atoms with van der Waals surface area (Å²) in [4.78, 5) is 26.7. The number of hydrogen-bond donors (Lipinski definition) is 2.